The second-order valence-corrected chi connectivity index (χ2v) is 5.50. The molecule has 128 valence electrons. The summed E-state index contributed by atoms with van der Waals surface area (Å²) >= 11 is 0. The molecule has 0 spiro atoms. The molecule has 0 aliphatic carbocycles. The van der Waals surface area contributed by atoms with Crippen LogP contribution in [0.1, 0.15) is 57.9 Å². The molecule has 2 atom stereocenters. The van der Waals surface area contributed by atoms with Crippen LogP contribution in [0, 0.1) is 5.92 Å². The van der Waals surface area contributed by atoms with Crippen molar-refractivity contribution >= 4 is 24.3 Å². The van der Waals surface area contributed by atoms with E-state index in [-0.39, 0.29) is 11.9 Å². The molecule has 23 heavy (non-hydrogen) atoms. The fraction of sp³-hybridized carbons (Fsp3) is 0.474. The molecule has 1 aromatic rings. The summed E-state index contributed by atoms with van der Waals surface area (Å²) in [6.07, 6.45) is 9.84. The van der Waals surface area contributed by atoms with E-state index < -0.39 is 0 Å². The zero-order chi connectivity index (χ0) is 17.8. The Morgan fingerprint density at radius 3 is 2.48 bits per heavy atom. The van der Waals surface area contributed by atoms with E-state index in [9.17, 15) is 4.79 Å². The Morgan fingerprint density at radius 1 is 1.39 bits per heavy atom. The van der Waals surface area contributed by atoms with Crippen molar-refractivity contribution in [1.82, 2.24) is 10.3 Å². The monoisotopic (exact) mass is 318 g/mol. The molecule has 4 heteroatoms. The molecule has 0 saturated heterocycles. The zero-order valence-electron chi connectivity index (χ0n) is 15.0. The van der Waals surface area contributed by atoms with Gasteiger partial charge in [-0.1, -0.05) is 39.0 Å². The van der Waals surface area contributed by atoms with Gasteiger partial charge in [-0.15, -0.1) is 0 Å². The van der Waals surface area contributed by atoms with Gasteiger partial charge in [0, 0.05) is 23.5 Å². The first-order valence-electron chi connectivity index (χ1n) is 8.09. The minimum Gasteiger partial charge on any atom is -0.361 e. The van der Waals surface area contributed by atoms with Gasteiger partial charge in [-0.25, -0.2) is 0 Å². The predicted molar refractivity (Wildman–Crippen MR) is 98.1 cm³/mol. The molecule has 1 aromatic heterocycles. The van der Waals surface area contributed by atoms with Crippen molar-refractivity contribution in [2.75, 3.05) is 0 Å². The maximum absolute atomic E-state index is 12.1. The standard InChI is InChI=1S/C17H26N2O.C2H4O/c1-6-9-16-15(8-3)14(11-18-16)10-17(20)19-13(5)12(4)7-2;1-2-3/h6,8-9,11-13,18H,3,7,10H2,1-2,4-5H3,(H,19,20);2H,1H3/b9-6-;/t12-,13?;/m0./s1. The Morgan fingerprint density at radius 2 is 2.00 bits per heavy atom. The van der Waals surface area contributed by atoms with Crippen LogP contribution in [-0.4, -0.2) is 23.2 Å². The quantitative estimate of drug-likeness (QED) is 0.747. The van der Waals surface area contributed by atoms with Crippen LogP contribution in [0.15, 0.2) is 18.9 Å². The molecule has 1 amide bonds. The Bertz CT molecular complexity index is 529. The van der Waals surface area contributed by atoms with Crippen molar-refractivity contribution in [3.63, 3.8) is 0 Å². The molecule has 0 radical (unpaired) electrons. The van der Waals surface area contributed by atoms with E-state index in [1.807, 2.05) is 25.3 Å². The highest BCUT2D eigenvalue weighted by Crippen LogP contribution is 2.18. The molecule has 0 fully saturated rings. The van der Waals surface area contributed by atoms with Crippen LogP contribution in [0.2, 0.25) is 0 Å². The normalized spacial score (nSPS) is 12.9. The van der Waals surface area contributed by atoms with Crippen molar-refractivity contribution < 1.29 is 9.59 Å². The molecule has 1 rings (SSSR count). The van der Waals surface area contributed by atoms with E-state index in [1.165, 1.54) is 6.92 Å². The lowest BCUT2D eigenvalue weighted by Crippen LogP contribution is -2.37. The maximum atomic E-state index is 12.1. The minimum atomic E-state index is 0.0620. The number of carbonyl (C=O) groups excluding carboxylic acids is 2. The van der Waals surface area contributed by atoms with E-state index >= 15 is 0 Å². The molecule has 1 heterocycles. The maximum Gasteiger partial charge on any atom is 0.224 e. The third kappa shape index (κ3) is 7.13. The average Bonchev–Trinajstić information content (AvgIpc) is 2.89. The number of carbonyl (C=O) groups is 2. The molecule has 4 nitrogen and oxygen atoms in total. The van der Waals surface area contributed by atoms with Gasteiger partial charge in [-0.2, -0.15) is 0 Å². The number of aromatic amines is 1. The van der Waals surface area contributed by atoms with Crippen LogP contribution in [0.5, 0.6) is 0 Å². The molecular weight excluding hydrogens is 288 g/mol. The second kappa shape index (κ2) is 11.5. The molecule has 1 unspecified atom stereocenters. The summed E-state index contributed by atoms with van der Waals surface area (Å²) in [6.45, 7) is 13.6. The zero-order valence-corrected chi connectivity index (χ0v) is 15.0. The largest absolute Gasteiger partial charge is 0.361 e. The molecular formula is C19H30N2O2. The van der Waals surface area contributed by atoms with Crippen LogP contribution >= 0.6 is 0 Å². The lowest BCUT2D eigenvalue weighted by molar-refractivity contribution is -0.121. The summed E-state index contributed by atoms with van der Waals surface area (Å²) in [5, 5.41) is 3.07. The van der Waals surface area contributed by atoms with Crippen molar-refractivity contribution in [2.24, 2.45) is 5.92 Å². The van der Waals surface area contributed by atoms with Gasteiger partial charge in [0.2, 0.25) is 5.91 Å². The van der Waals surface area contributed by atoms with E-state index in [1.54, 1.807) is 6.08 Å². The van der Waals surface area contributed by atoms with Crippen molar-refractivity contribution in [3.8, 4) is 0 Å². The molecule has 0 aromatic carbocycles. The fourth-order valence-corrected chi connectivity index (χ4v) is 2.16. The highest BCUT2D eigenvalue weighted by molar-refractivity contribution is 5.81. The molecule has 2 N–H and O–H groups in total. The van der Waals surface area contributed by atoms with Gasteiger partial charge in [-0.05, 0) is 38.3 Å². The predicted octanol–water partition coefficient (Wildman–Crippen LogP) is 3.99. The average molecular weight is 318 g/mol. The number of aromatic nitrogens is 1. The van der Waals surface area contributed by atoms with Crippen LogP contribution in [0.25, 0.3) is 12.2 Å². The van der Waals surface area contributed by atoms with Gasteiger partial charge in [0.05, 0.1) is 6.42 Å². The molecule has 0 aliphatic rings. The number of rotatable bonds is 7. The summed E-state index contributed by atoms with van der Waals surface area (Å²) in [4.78, 5) is 24.1. The number of aldehydes is 1. The Kier molecular flexibility index (Phi) is 10.4. The lowest BCUT2D eigenvalue weighted by Gasteiger charge is -2.19. The Labute approximate surface area is 140 Å². The highest BCUT2D eigenvalue weighted by atomic mass is 16.1. The van der Waals surface area contributed by atoms with E-state index in [0.717, 1.165) is 29.5 Å². The number of amides is 1. The van der Waals surface area contributed by atoms with Crippen molar-refractivity contribution in [2.45, 2.75) is 53.5 Å². The van der Waals surface area contributed by atoms with Crippen LogP contribution in [0.4, 0.5) is 0 Å². The van der Waals surface area contributed by atoms with Gasteiger partial charge in [-0.3, -0.25) is 4.79 Å². The summed E-state index contributed by atoms with van der Waals surface area (Å²) < 4.78 is 0. The van der Waals surface area contributed by atoms with Gasteiger partial charge >= 0.3 is 0 Å². The van der Waals surface area contributed by atoms with Crippen LogP contribution in [-0.2, 0) is 16.0 Å². The van der Waals surface area contributed by atoms with Crippen molar-refractivity contribution in [3.05, 3.63) is 35.7 Å². The lowest BCUT2D eigenvalue weighted by atomic mass is 10.0. The minimum absolute atomic E-state index is 0.0620. The number of nitrogens with one attached hydrogen (secondary N) is 2. The van der Waals surface area contributed by atoms with Crippen molar-refractivity contribution in [1.29, 1.82) is 0 Å². The Balaban J connectivity index is 0.00000149. The van der Waals surface area contributed by atoms with Gasteiger partial charge < -0.3 is 15.1 Å². The summed E-state index contributed by atoms with van der Waals surface area (Å²) in [5.74, 6) is 0.551. The van der Waals surface area contributed by atoms with Crippen LogP contribution < -0.4 is 5.32 Å². The smallest absolute Gasteiger partial charge is 0.224 e. The van der Waals surface area contributed by atoms with Gasteiger partial charge in [0.25, 0.3) is 0 Å². The number of hydrogen-bond acceptors (Lipinski definition) is 2. The topological polar surface area (TPSA) is 62.0 Å². The fourth-order valence-electron chi connectivity index (χ4n) is 2.16. The first kappa shape index (κ1) is 20.9. The molecule has 0 saturated carbocycles. The first-order valence-corrected chi connectivity index (χ1v) is 8.09. The molecule has 0 bridgehead atoms. The first-order chi connectivity index (χ1) is 10.9. The van der Waals surface area contributed by atoms with Gasteiger partial charge in [0.1, 0.15) is 6.29 Å². The molecule has 0 aliphatic heterocycles. The number of H-pyrrole nitrogens is 1. The Hall–Kier alpha value is -2.10. The van der Waals surface area contributed by atoms with E-state index in [4.69, 9.17) is 4.79 Å². The van der Waals surface area contributed by atoms with Gasteiger partial charge in [0.15, 0.2) is 0 Å². The van der Waals surface area contributed by atoms with E-state index in [0.29, 0.717) is 12.3 Å². The summed E-state index contributed by atoms with van der Waals surface area (Å²) in [7, 11) is 0. The third-order valence-electron chi connectivity index (χ3n) is 3.81. The highest BCUT2D eigenvalue weighted by Gasteiger charge is 2.15. The number of hydrogen-bond donors (Lipinski definition) is 2. The SMILES string of the molecule is C=Cc1c(CC(=O)NC(C)[C@@H](C)CC)c[nH]c1/C=C\C.CC=O. The number of allylic oxidation sites excluding steroid dienone is 1. The third-order valence-corrected chi connectivity index (χ3v) is 3.81. The second-order valence-electron chi connectivity index (χ2n) is 5.50. The van der Waals surface area contributed by atoms with E-state index in [2.05, 4.69) is 37.7 Å². The summed E-state index contributed by atoms with van der Waals surface area (Å²) in [5.41, 5.74) is 3.00. The summed E-state index contributed by atoms with van der Waals surface area (Å²) in [6, 6.07) is 0.202. The van der Waals surface area contributed by atoms with Crippen LogP contribution in [0.3, 0.4) is 0 Å².